The average Bonchev–Trinajstić information content (AvgIpc) is 2.51. The highest BCUT2D eigenvalue weighted by Gasteiger charge is 2.39. The number of nitrogens with zero attached hydrogens (tertiary/aromatic N) is 2. The number of aromatic nitrogens is 1. The van der Waals surface area contributed by atoms with Crippen molar-refractivity contribution in [2.24, 2.45) is 0 Å². The van der Waals surface area contributed by atoms with Gasteiger partial charge in [0, 0.05) is 20.3 Å². The van der Waals surface area contributed by atoms with Gasteiger partial charge in [0.15, 0.2) is 5.69 Å². The second-order valence-electron chi connectivity index (χ2n) is 5.04. The van der Waals surface area contributed by atoms with Crippen LogP contribution in [0.3, 0.4) is 0 Å². The second kappa shape index (κ2) is 8.50. The van der Waals surface area contributed by atoms with E-state index in [1.54, 1.807) is 25.9 Å². The van der Waals surface area contributed by atoms with Crippen LogP contribution >= 0.6 is 0 Å². The fourth-order valence-electron chi connectivity index (χ4n) is 1.83. The number of carbonyl (C=O) groups excluding carboxylic acids is 2. The molecule has 0 N–H and O–H groups in total. The molecule has 0 aliphatic heterocycles. The number of hydrogen-bond acceptors (Lipinski definition) is 6. The molecule has 25 heavy (non-hydrogen) atoms. The Kier molecular flexibility index (Phi) is 6.96. The molecule has 1 rings (SSSR count). The lowest BCUT2D eigenvalue weighted by Gasteiger charge is -2.15. The van der Waals surface area contributed by atoms with Crippen molar-refractivity contribution in [2.75, 3.05) is 27.3 Å². The van der Waals surface area contributed by atoms with Crippen molar-refractivity contribution in [1.29, 1.82) is 0 Å². The first kappa shape index (κ1) is 20.5. The van der Waals surface area contributed by atoms with Gasteiger partial charge in [-0.1, -0.05) is 0 Å². The molecule has 1 heterocycles. The van der Waals surface area contributed by atoms with E-state index >= 15 is 0 Å². The van der Waals surface area contributed by atoms with Crippen LogP contribution in [-0.4, -0.2) is 49.1 Å². The van der Waals surface area contributed by atoms with E-state index in [9.17, 15) is 22.8 Å². The fraction of sp³-hybridized carbons (Fsp3) is 0.438. The molecule has 0 saturated carbocycles. The average molecular weight is 360 g/mol. The summed E-state index contributed by atoms with van der Waals surface area (Å²) in [4.78, 5) is 29.0. The Labute approximate surface area is 143 Å². The molecule has 0 saturated heterocycles. The van der Waals surface area contributed by atoms with E-state index in [1.165, 1.54) is 19.2 Å². The Morgan fingerprint density at radius 1 is 1.12 bits per heavy atom. The molecule has 0 atom stereocenters. The number of alkyl halides is 3. The molecule has 0 bridgehead atoms. The predicted molar refractivity (Wildman–Crippen MR) is 83.9 cm³/mol. The standard InChI is InChI=1S/C16H19F3N2O4/c1-5-24-14(22)10-9-11(15(23)25-6-2)13(16(17,18)19)20-12(10)7-8-21(3)4/h7-9H,5-6H2,1-4H3. The molecule has 0 fully saturated rings. The highest BCUT2D eigenvalue weighted by molar-refractivity contribution is 5.98. The SMILES string of the molecule is CCOC(=O)c1cc(C(=O)OCC)c(C(F)(F)F)nc1C=CN(C)C. The van der Waals surface area contributed by atoms with Gasteiger partial charge in [0.25, 0.3) is 0 Å². The number of hydrogen-bond donors (Lipinski definition) is 0. The van der Waals surface area contributed by atoms with Crippen molar-refractivity contribution < 1.29 is 32.2 Å². The van der Waals surface area contributed by atoms with Crippen LogP contribution < -0.4 is 0 Å². The Bertz CT molecular complexity index is 670. The van der Waals surface area contributed by atoms with Crippen molar-refractivity contribution in [1.82, 2.24) is 9.88 Å². The molecular formula is C16H19F3N2O4. The highest BCUT2D eigenvalue weighted by atomic mass is 19.4. The van der Waals surface area contributed by atoms with Gasteiger partial charge in [-0.05, 0) is 26.0 Å². The Morgan fingerprint density at radius 3 is 2.08 bits per heavy atom. The van der Waals surface area contributed by atoms with Crippen LogP contribution in [-0.2, 0) is 15.7 Å². The van der Waals surface area contributed by atoms with Crippen molar-refractivity contribution in [3.8, 4) is 0 Å². The lowest BCUT2D eigenvalue weighted by molar-refractivity contribution is -0.141. The molecule has 1 aromatic heterocycles. The lowest BCUT2D eigenvalue weighted by Crippen LogP contribution is -2.21. The first-order valence-corrected chi connectivity index (χ1v) is 7.42. The van der Waals surface area contributed by atoms with Gasteiger partial charge in [0.1, 0.15) is 0 Å². The van der Waals surface area contributed by atoms with E-state index < -0.39 is 29.4 Å². The maximum Gasteiger partial charge on any atom is 0.434 e. The van der Waals surface area contributed by atoms with Crippen LogP contribution in [0.1, 0.15) is 46.0 Å². The van der Waals surface area contributed by atoms with Crippen LogP contribution in [0.5, 0.6) is 0 Å². The zero-order valence-corrected chi connectivity index (χ0v) is 14.3. The van der Waals surface area contributed by atoms with E-state index in [-0.39, 0.29) is 24.5 Å². The molecule has 0 amide bonds. The molecule has 9 heteroatoms. The molecule has 0 aliphatic rings. The summed E-state index contributed by atoms with van der Waals surface area (Å²) in [5.74, 6) is -2.09. The summed E-state index contributed by atoms with van der Waals surface area (Å²) >= 11 is 0. The number of rotatable bonds is 6. The third-order valence-electron chi connectivity index (χ3n) is 2.84. The molecule has 0 aromatic carbocycles. The van der Waals surface area contributed by atoms with Crippen LogP contribution in [0.25, 0.3) is 6.08 Å². The van der Waals surface area contributed by atoms with Crippen LogP contribution in [0, 0.1) is 0 Å². The normalized spacial score (nSPS) is 11.5. The van der Waals surface area contributed by atoms with Gasteiger partial charge in [0.2, 0.25) is 0 Å². The number of pyridine rings is 1. The maximum absolute atomic E-state index is 13.3. The van der Waals surface area contributed by atoms with Crippen LogP contribution in [0.4, 0.5) is 13.2 Å². The largest absolute Gasteiger partial charge is 0.462 e. The van der Waals surface area contributed by atoms with Crippen LogP contribution in [0.2, 0.25) is 0 Å². The molecule has 6 nitrogen and oxygen atoms in total. The molecule has 0 spiro atoms. The molecule has 1 aromatic rings. The minimum absolute atomic E-state index is 0.0193. The van der Waals surface area contributed by atoms with E-state index in [1.807, 2.05) is 0 Å². The maximum atomic E-state index is 13.3. The molecule has 0 aliphatic carbocycles. The topological polar surface area (TPSA) is 68.7 Å². The van der Waals surface area contributed by atoms with Crippen molar-refractivity contribution in [3.63, 3.8) is 0 Å². The molecule has 138 valence electrons. The smallest absolute Gasteiger partial charge is 0.434 e. The van der Waals surface area contributed by atoms with E-state index in [0.717, 1.165) is 6.07 Å². The van der Waals surface area contributed by atoms with E-state index in [2.05, 4.69) is 9.72 Å². The summed E-state index contributed by atoms with van der Waals surface area (Å²) in [6.07, 6.45) is -2.23. The Morgan fingerprint density at radius 2 is 1.64 bits per heavy atom. The second-order valence-corrected chi connectivity index (χ2v) is 5.04. The molecule has 0 unspecified atom stereocenters. The van der Waals surface area contributed by atoms with Gasteiger partial charge in [0.05, 0.1) is 30.0 Å². The lowest BCUT2D eigenvalue weighted by atomic mass is 10.1. The number of ether oxygens (including phenoxy) is 2. The van der Waals surface area contributed by atoms with Crippen LogP contribution in [0.15, 0.2) is 12.3 Å². The van der Waals surface area contributed by atoms with E-state index in [4.69, 9.17) is 4.74 Å². The Hall–Kier alpha value is -2.58. The zero-order chi connectivity index (χ0) is 19.2. The predicted octanol–water partition coefficient (Wildman–Crippen LogP) is 2.99. The van der Waals surface area contributed by atoms with Crippen molar-refractivity contribution in [2.45, 2.75) is 20.0 Å². The minimum atomic E-state index is -4.89. The summed E-state index contributed by atoms with van der Waals surface area (Å²) < 4.78 is 49.3. The number of carbonyl (C=O) groups is 2. The van der Waals surface area contributed by atoms with Gasteiger partial charge >= 0.3 is 18.1 Å². The summed E-state index contributed by atoms with van der Waals surface area (Å²) in [6, 6.07) is 0.807. The van der Waals surface area contributed by atoms with Gasteiger partial charge in [-0.25, -0.2) is 14.6 Å². The fourth-order valence-corrected chi connectivity index (χ4v) is 1.83. The van der Waals surface area contributed by atoms with E-state index in [0.29, 0.717) is 0 Å². The zero-order valence-electron chi connectivity index (χ0n) is 14.3. The van der Waals surface area contributed by atoms with Crippen molar-refractivity contribution in [3.05, 3.63) is 34.8 Å². The minimum Gasteiger partial charge on any atom is -0.462 e. The van der Waals surface area contributed by atoms with Gasteiger partial charge < -0.3 is 14.4 Å². The summed E-state index contributed by atoms with van der Waals surface area (Å²) in [5, 5.41) is 0. The first-order chi connectivity index (χ1) is 11.6. The Balaban J connectivity index is 3.64. The molecule has 0 radical (unpaired) electrons. The number of halogens is 3. The summed E-state index contributed by atoms with van der Waals surface area (Å²) in [5.41, 5.74) is -2.76. The quantitative estimate of drug-likeness (QED) is 0.727. The van der Waals surface area contributed by atoms with Gasteiger partial charge in [-0.15, -0.1) is 0 Å². The highest BCUT2D eigenvalue weighted by Crippen LogP contribution is 2.32. The van der Waals surface area contributed by atoms with Gasteiger partial charge in [-0.2, -0.15) is 13.2 Å². The monoisotopic (exact) mass is 360 g/mol. The third kappa shape index (κ3) is 5.47. The molecular weight excluding hydrogens is 341 g/mol. The summed E-state index contributed by atoms with van der Waals surface area (Å²) in [6.45, 7) is 2.91. The first-order valence-electron chi connectivity index (χ1n) is 7.42. The van der Waals surface area contributed by atoms with Crippen molar-refractivity contribution >= 4 is 18.0 Å². The third-order valence-corrected chi connectivity index (χ3v) is 2.84. The number of esters is 2. The van der Waals surface area contributed by atoms with Gasteiger partial charge in [-0.3, -0.25) is 0 Å². The summed E-state index contributed by atoms with van der Waals surface area (Å²) in [7, 11) is 3.30.